The van der Waals surface area contributed by atoms with Crippen LogP contribution in [-0.2, 0) is 0 Å². The Morgan fingerprint density at radius 3 is 2.50 bits per heavy atom. The molecule has 100 valence electrons. The Morgan fingerprint density at radius 1 is 1.39 bits per heavy atom. The molecule has 2 N–H and O–H groups in total. The van der Waals surface area contributed by atoms with Crippen LogP contribution in [-0.4, -0.2) is 13.2 Å². The first-order valence-corrected chi connectivity index (χ1v) is 5.82. The third kappa shape index (κ3) is 2.19. The number of benzene rings is 1. The van der Waals surface area contributed by atoms with E-state index in [2.05, 4.69) is 4.74 Å². The van der Waals surface area contributed by atoms with E-state index in [1.54, 1.807) is 0 Å². The average molecular weight is 259 g/mol. The topological polar surface area (TPSA) is 35.2 Å². The van der Waals surface area contributed by atoms with Gasteiger partial charge >= 0.3 is 6.61 Å². The molecule has 0 bridgehead atoms. The van der Waals surface area contributed by atoms with Crippen LogP contribution < -0.4 is 10.5 Å². The molecule has 0 saturated heterocycles. The summed E-state index contributed by atoms with van der Waals surface area (Å²) < 4.78 is 42.0. The maximum Gasteiger partial charge on any atom is 0.387 e. The van der Waals surface area contributed by atoms with Crippen molar-refractivity contribution in [1.29, 1.82) is 0 Å². The molecule has 0 spiro atoms. The fourth-order valence-corrected chi connectivity index (χ4v) is 2.74. The quantitative estimate of drug-likeness (QED) is 0.901. The van der Waals surface area contributed by atoms with E-state index in [4.69, 9.17) is 5.73 Å². The standard InChI is InChI=1S/C13H16F3NO/c1-13(2)9(6-17)11(13)8-4-3-7(5-10(8)14)18-12(15)16/h3-5,9,11-12H,6,17H2,1-2H3. The Bertz CT molecular complexity index is 448. The minimum absolute atomic E-state index is 0.0410. The smallest absolute Gasteiger partial charge is 0.387 e. The van der Waals surface area contributed by atoms with Crippen LogP contribution in [0.25, 0.3) is 0 Å². The van der Waals surface area contributed by atoms with Crippen LogP contribution in [0.15, 0.2) is 18.2 Å². The number of hydrogen-bond donors (Lipinski definition) is 1. The summed E-state index contributed by atoms with van der Waals surface area (Å²) in [6.07, 6.45) is 0. The summed E-state index contributed by atoms with van der Waals surface area (Å²) in [7, 11) is 0. The molecular formula is C13H16F3NO. The van der Waals surface area contributed by atoms with Crippen LogP contribution >= 0.6 is 0 Å². The van der Waals surface area contributed by atoms with Gasteiger partial charge in [-0.15, -0.1) is 0 Å². The number of rotatable bonds is 4. The first-order valence-electron chi connectivity index (χ1n) is 5.82. The molecule has 1 fully saturated rings. The minimum atomic E-state index is -2.94. The summed E-state index contributed by atoms with van der Waals surface area (Å²) in [5, 5.41) is 0. The zero-order chi connectivity index (χ0) is 13.5. The van der Waals surface area contributed by atoms with Gasteiger partial charge in [-0.2, -0.15) is 8.78 Å². The molecule has 2 nitrogen and oxygen atoms in total. The largest absolute Gasteiger partial charge is 0.435 e. The zero-order valence-electron chi connectivity index (χ0n) is 10.3. The van der Waals surface area contributed by atoms with E-state index in [-0.39, 0.29) is 23.0 Å². The first-order chi connectivity index (χ1) is 8.37. The van der Waals surface area contributed by atoms with Crippen LogP contribution in [0.4, 0.5) is 13.2 Å². The number of ether oxygens (including phenoxy) is 1. The van der Waals surface area contributed by atoms with Crippen LogP contribution in [0.5, 0.6) is 5.75 Å². The van der Waals surface area contributed by atoms with Crippen molar-refractivity contribution in [2.45, 2.75) is 26.4 Å². The second kappa shape index (κ2) is 4.46. The Labute approximate surface area is 104 Å². The number of nitrogens with two attached hydrogens (primary N) is 1. The van der Waals surface area contributed by atoms with E-state index in [0.29, 0.717) is 12.1 Å². The molecule has 0 amide bonds. The highest BCUT2D eigenvalue weighted by Gasteiger charge is 2.57. The highest BCUT2D eigenvalue weighted by molar-refractivity contribution is 5.37. The van der Waals surface area contributed by atoms with Gasteiger partial charge in [0, 0.05) is 6.07 Å². The van der Waals surface area contributed by atoms with Crippen LogP contribution in [0.3, 0.4) is 0 Å². The van der Waals surface area contributed by atoms with Gasteiger partial charge in [0.15, 0.2) is 0 Å². The molecule has 1 saturated carbocycles. The molecule has 0 aliphatic heterocycles. The molecule has 0 heterocycles. The van der Waals surface area contributed by atoms with Gasteiger partial charge in [0.2, 0.25) is 0 Å². The van der Waals surface area contributed by atoms with Crippen molar-refractivity contribution in [2.24, 2.45) is 17.1 Å². The summed E-state index contributed by atoms with van der Waals surface area (Å²) in [6.45, 7) is 1.60. The molecule has 1 aromatic rings. The minimum Gasteiger partial charge on any atom is -0.435 e. The third-order valence-electron chi connectivity index (χ3n) is 3.84. The van der Waals surface area contributed by atoms with Gasteiger partial charge in [0.1, 0.15) is 11.6 Å². The monoisotopic (exact) mass is 259 g/mol. The van der Waals surface area contributed by atoms with Gasteiger partial charge in [0.25, 0.3) is 0 Å². The summed E-state index contributed by atoms with van der Waals surface area (Å²) >= 11 is 0. The predicted octanol–water partition coefficient (Wildman–Crippen LogP) is 3.13. The Kier molecular flexibility index (Phi) is 3.27. The van der Waals surface area contributed by atoms with Gasteiger partial charge in [-0.1, -0.05) is 19.9 Å². The molecule has 0 aromatic heterocycles. The lowest BCUT2D eigenvalue weighted by Gasteiger charge is -2.08. The fourth-order valence-electron chi connectivity index (χ4n) is 2.74. The van der Waals surface area contributed by atoms with Crippen molar-refractivity contribution in [2.75, 3.05) is 6.54 Å². The van der Waals surface area contributed by atoms with Crippen molar-refractivity contribution in [3.05, 3.63) is 29.6 Å². The van der Waals surface area contributed by atoms with Crippen molar-refractivity contribution in [3.63, 3.8) is 0 Å². The lowest BCUT2D eigenvalue weighted by molar-refractivity contribution is -0.0500. The lowest BCUT2D eigenvalue weighted by atomic mass is 10.0. The summed E-state index contributed by atoms with van der Waals surface area (Å²) in [5.74, 6) is -0.395. The molecular weight excluding hydrogens is 243 g/mol. The fraction of sp³-hybridized carbons (Fsp3) is 0.538. The average Bonchev–Trinajstić information content (AvgIpc) is 2.79. The molecule has 2 atom stereocenters. The zero-order valence-corrected chi connectivity index (χ0v) is 10.3. The maximum atomic E-state index is 13.9. The van der Waals surface area contributed by atoms with Gasteiger partial charge in [-0.25, -0.2) is 4.39 Å². The van der Waals surface area contributed by atoms with Gasteiger partial charge in [-0.05, 0) is 35.4 Å². The maximum absolute atomic E-state index is 13.9. The Hall–Kier alpha value is -1.23. The van der Waals surface area contributed by atoms with Crippen molar-refractivity contribution < 1.29 is 17.9 Å². The summed E-state index contributed by atoms with van der Waals surface area (Å²) in [6, 6.07) is 3.88. The van der Waals surface area contributed by atoms with Gasteiger partial charge in [-0.3, -0.25) is 0 Å². The first kappa shape index (κ1) is 13.2. The van der Waals surface area contributed by atoms with Gasteiger partial charge < -0.3 is 10.5 Å². The van der Waals surface area contributed by atoms with Crippen LogP contribution in [0, 0.1) is 17.2 Å². The summed E-state index contributed by atoms with van der Waals surface area (Å²) in [4.78, 5) is 0. The highest BCUT2D eigenvalue weighted by Crippen LogP contribution is 2.64. The second-order valence-corrected chi connectivity index (χ2v) is 5.20. The molecule has 5 heteroatoms. The van der Waals surface area contributed by atoms with E-state index in [0.717, 1.165) is 6.07 Å². The summed E-state index contributed by atoms with van der Waals surface area (Å²) in [5.41, 5.74) is 6.12. The van der Waals surface area contributed by atoms with Crippen molar-refractivity contribution in [3.8, 4) is 5.75 Å². The predicted molar refractivity (Wildman–Crippen MR) is 62.1 cm³/mol. The molecule has 2 unspecified atom stereocenters. The molecule has 1 aliphatic carbocycles. The van der Waals surface area contributed by atoms with Crippen molar-refractivity contribution >= 4 is 0 Å². The highest BCUT2D eigenvalue weighted by atomic mass is 19.3. The molecule has 1 aromatic carbocycles. The molecule has 0 radical (unpaired) electrons. The third-order valence-corrected chi connectivity index (χ3v) is 3.84. The van der Waals surface area contributed by atoms with E-state index < -0.39 is 12.4 Å². The van der Waals surface area contributed by atoms with E-state index >= 15 is 0 Å². The second-order valence-electron chi connectivity index (χ2n) is 5.20. The Balaban J connectivity index is 2.21. The van der Waals surface area contributed by atoms with Crippen LogP contribution in [0.1, 0.15) is 25.3 Å². The van der Waals surface area contributed by atoms with E-state index in [1.807, 2.05) is 13.8 Å². The van der Waals surface area contributed by atoms with Gasteiger partial charge in [0.05, 0.1) is 0 Å². The van der Waals surface area contributed by atoms with Crippen LogP contribution in [0.2, 0.25) is 0 Å². The van der Waals surface area contributed by atoms with E-state index in [9.17, 15) is 13.2 Å². The lowest BCUT2D eigenvalue weighted by Crippen LogP contribution is -2.05. The SMILES string of the molecule is CC1(C)C(CN)C1c1ccc(OC(F)F)cc1F. The molecule has 18 heavy (non-hydrogen) atoms. The Morgan fingerprint density at radius 2 is 2.06 bits per heavy atom. The molecule has 2 rings (SSSR count). The van der Waals surface area contributed by atoms with Crippen molar-refractivity contribution in [1.82, 2.24) is 0 Å². The number of halogens is 3. The number of alkyl halides is 2. The molecule has 1 aliphatic rings. The number of hydrogen-bond acceptors (Lipinski definition) is 2. The normalized spacial score (nSPS) is 25.3. The van der Waals surface area contributed by atoms with E-state index in [1.165, 1.54) is 12.1 Å².